The summed E-state index contributed by atoms with van der Waals surface area (Å²) in [7, 11) is 0. The molecule has 9 nitrogen and oxygen atoms in total. The van der Waals surface area contributed by atoms with Crippen LogP contribution in [0.25, 0.3) is 0 Å². The van der Waals surface area contributed by atoms with Gasteiger partial charge in [-0.2, -0.15) is 0 Å². The highest BCUT2D eigenvalue weighted by atomic mass is 35.5. The number of aliphatic carboxylic acids is 1. The van der Waals surface area contributed by atoms with Gasteiger partial charge in [0.15, 0.2) is 10.8 Å². The number of amidine groups is 1. The van der Waals surface area contributed by atoms with Gasteiger partial charge in [-0.1, -0.05) is 17.7 Å². The number of nitrogens with one attached hydrogen (secondary N) is 1. The van der Waals surface area contributed by atoms with Crippen molar-refractivity contribution in [2.75, 3.05) is 32.9 Å². The second kappa shape index (κ2) is 11.9. The minimum atomic E-state index is -0.882. The van der Waals surface area contributed by atoms with Crippen molar-refractivity contribution in [1.29, 1.82) is 0 Å². The highest BCUT2D eigenvalue weighted by Crippen LogP contribution is 2.37. The number of benzene rings is 1. The third-order valence-corrected chi connectivity index (χ3v) is 7.02. The Labute approximate surface area is 216 Å². The van der Waals surface area contributed by atoms with E-state index >= 15 is 0 Å². The lowest BCUT2D eigenvalue weighted by Gasteiger charge is -2.37. The van der Waals surface area contributed by atoms with Crippen molar-refractivity contribution in [2.45, 2.75) is 31.8 Å². The van der Waals surface area contributed by atoms with E-state index in [0.717, 1.165) is 0 Å². The molecule has 0 unspecified atom stereocenters. The van der Waals surface area contributed by atoms with Crippen molar-refractivity contribution < 1.29 is 28.6 Å². The lowest BCUT2D eigenvalue weighted by Crippen LogP contribution is -2.49. The van der Waals surface area contributed by atoms with Crippen molar-refractivity contribution in [3.8, 4) is 0 Å². The summed E-state index contributed by atoms with van der Waals surface area (Å²) in [5, 5.41) is 15.0. The van der Waals surface area contributed by atoms with Gasteiger partial charge in [0.05, 0.1) is 25.4 Å². The highest BCUT2D eigenvalue weighted by molar-refractivity contribution is 7.11. The molecule has 3 heterocycles. The molecule has 2 aliphatic rings. The van der Waals surface area contributed by atoms with Crippen LogP contribution in [0.15, 0.2) is 46.0 Å². The molecule has 1 saturated heterocycles. The number of esters is 1. The Hall–Kier alpha value is -2.86. The van der Waals surface area contributed by atoms with Gasteiger partial charge >= 0.3 is 11.9 Å². The number of thiazole rings is 1. The fourth-order valence-corrected chi connectivity index (χ4v) is 5.08. The van der Waals surface area contributed by atoms with Crippen LogP contribution in [-0.2, 0) is 19.1 Å². The maximum absolute atomic E-state index is 13.8. The van der Waals surface area contributed by atoms with E-state index in [2.05, 4.69) is 15.2 Å². The van der Waals surface area contributed by atoms with Crippen LogP contribution in [0, 0.1) is 5.82 Å². The summed E-state index contributed by atoms with van der Waals surface area (Å²) in [4.78, 5) is 35.6. The number of aliphatic imine (C=N–C) groups is 1. The maximum Gasteiger partial charge on any atom is 0.338 e. The molecule has 1 aromatic carbocycles. The zero-order valence-electron chi connectivity index (χ0n) is 19.6. The van der Waals surface area contributed by atoms with Crippen LogP contribution in [0.3, 0.4) is 0 Å². The molecular formula is C24H26ClFN4O5S. The van der Waals surface area contributed by atoms with E-state index in [9.17, 15) is 14.0 Å². The number of ether oxygens (including phenoxy) is 2. The van der Waals surface area contributed by atoms with Gasteiger partial charge in [-0.25, -0.2) is 14.2 Å². The van der Waals surface area contributed by atoms with Crippen molar-refractivity contribution in [3.05, 3.63) is 62.5 Å². The van der Waals surface area contributed by atoms with Crippen LogP contribution in [-0.4, -0.2) is 71.7 Å². The third-order valence-electron chi connectivity index (χ3n) is 5.92. The molecule has 0 aliphatic carbocycles. The molecule has 2 N–H and O–H groups in total. The second-order valence-corrected chi connectivity index (χ2v) is 9.55. The number of carboxylic acid groups (broad SMARTS) is 1. The van der Waals surface area contributed by atoms with E-state index < -0.39 is 23.8 Å². The SMILES string of the molecule is CCOC(=O)C1=C(CN2CCOC[C@H]2CCC(=O)O)NC(c2nccs2)=N[C@H]1c1ccc(F)cc1Cl. The number of carbonyl (C=O) groups is 2. The summed E-state index contributed by atoms with van der Waals surface area (Å²) in [5.41, 5.74) is 1.26. The molecule has 0 radical (unpaired) electrons. The van der Waals surface area contributed by atoms with Crippen LogP contribution < -0.4 is 5.32 Å². The van der Waals surface area contributed by atoms with Gasteiger partial charge in [-0.05, 0) is 25.5 Å². The Bertz CT molecular complexity index is 1170. The summed E-state index contributed by atoms with van der Waals surface area (Å²) in [5.74, 6) is -1.50. The van der Waals surface area contributed by atoms with Gasteiger partial charge in [0, 0.05) is 53.4 Å². The number of carboxylic acids is 1. The van der Waals surface area contributed by atoms with E-state index in [1.165, 1.54) is 29.5 Å². The Kier molecular flexibility index (Phi) is 8.68. The first-order chi connectivity index (χ1) is 17.4. The monoisotopic (exact) mass is 536 g/mol. The van der Waals surface area contributed by atoms with E-state index in [4.69, 9.17) is 31.2 Å². The molecule has 0 spiro atoms. The number of carbonyl (C=O) groups excluding carboxylic acids is 1. The van der Waals surface area contributed by atoms with Gasteiger partial charge in [-0.15, -0.1) is 11.3 Å². The quantitative estimate of drug-likeness (QED) is 0.469. The Balaban J connectivity index is 1.78. The van der Waals surface area contributed by atoms with Gasteiger partial charge in [0.2, 0.25) is 0 Å². The molecule has 12 heteroatoms. The van der Waals surface area contributed by atoms with Crippen LogP contribution in [0.2, 0.25) is 5.02 Å². The third kappa shape index (κ3) is 6.09. The van der Waals surface area contributed by atoms with Gasteiger partial charge < -0.3 is 19.9 Å². The Morgan fingerprint density at radius 2 is 2.25 bits per heavy atom. The molecule has 1 fully saturated rings. The minimum absolute atomic E-state index is 0.00136. The van der Waals surface area contributed by atoms with Gasteiger partial charge in [0.1, 0.15) is 11.9 Å². The smallest absolute Gasteiger partial charge is 0.338 e. The first kappa shape index (κ1) is 26.2. The molecular weight excluding hydrogens is 511 g/mol. The van der Waals surface area contributed by atoms with E-state index in [0.29, 0.717) is 54.8 Å². The number of halogens is 2. The fourth-order valence-electron chi connectivity index (χ4n) is 4.22. The number of hydrogen-bond acceptors (Lipinski definition) is 9. The normalized spacial score (nSPS) is 20.6. The standard InChI is InChI=1S/C24H26ClFN4O5S/c1-2-35-24(33)20-18(12-30-8-9-34-13-15(30)4-6-19(31)32)28-22(23-27-7-10-36-23)29-21(20)16-5-3-14(26)11-17(16)25/h3,5,7,10-11,15,21H,2,4,6,8-9,12-13H2,1H3,(H,28,29)(H,31,32)/t15-,21+/m1/s1. The van der Waals surface area contributed by atoms with Crippen molar-refractivity contribution in [3.63, 3.8) is 0 Å². The fraction of sp³-hybridized carbons (Fsp3) is 0.417. The predicted octanol–water partition coefficient (Wildman–Crippen LogP) is 3.41. The minimum Gasteiger partial charge on any atom is -0.481 e. The summed E-state index contributed by atoms with van der Waals surface area (Å²) >= 11 is 7.79. The number of nitrogens with zero attached hydrogens (tertiary/aromatic N) is 3. The summed E-state index contributed by atoms with van der Waals surface area (Å²) < 4.78 is 24.8. The van der Waals surface area contributed by atoms with E-state index in [-0.39, 0.29) is 29.7 Å². The lowest BCUT2D eigenvalue weighted by atomic mass is 9.94. The van der Waals surface area contributed by atoms with Crippen LogP contribution in [0.1, 0.15) is 36.4 Å². The van der Waals surface area contributed by atoms with E-state index in [1.54, 1.807) is 13.1 Å². The van der Waals surface area contributed by atoms with Gasteiger partial charge in [-0.3, -0.25) is 14.7 Å². The molecule has 0 bridgehead atoms. The maximum atomic E-state index is 13.8. The van der Waals surface area contributed by atoms with E-state index in [1.807, 2.05) is 5.38 Å². The first-order valence-electron chi connectivity index (χ1n) is 11.5. The zero-order chi connectivity index (χ0) is 25.7. The number of morpholine rings is 1. The van der Waals surface area contributed by atoms with Crippen molar-refractivity contribution in [2.24, 2.45) is 4.99 Å². The largest absolute Gasteiger partial charge is 0.481 e. The van der Waals surface area contributed by atoms with Crippen LogP contribution in [0.4, 0.5) is 4.39 Å². The zero-order valence-corrected chi connectivity index (χ0v) is 21.1. The number of aromatic nitrogens is 1. The molecule has 0 saturated carbocycles. The molecule has 2 aromatic rings. The molecule has 0 amide bonds. The average Bonchev–Trinajstić information content (AvgIpc) is 3.38. The van der Waals surface area contributed by atoms with Crippen LogP contribution in [0.5, 0.6) is 0 Å². The molecule has 2 aliphatic heterocycles. The number of hydrogen-bond donors (Lipinski definition) is 2. The Morgan fingerprint density at radius 3 is 2.94 bits per heavy atom. The van der Waals surface area contributed by atoms with Crippen molar-refractivity contribution >= 4 is 40.7 Å². The molecule has 2 atom stereocenters. The highest BCUT2D eigenvalue weighted by Gasteiger charge is 2.36. The summed E-state index contributed by atoms with van der Waals surface area (Å²) in [6.07, 6.45) is 2.05. The average molecular weight is 537 g/mol. The summed E-state index contributed by atoms with van der Waals surface area (Å²) in [6, 6.07) is 2.96. The lowest BCUT2D eigenvalue weighted by molar-refractivity contribution is -0.139. The molecule has 4 rings (SSSR count). The number of rotatable bonds is 9. The molecule has 192 valence electrons. The van der Waals surface area contributed by atoms with Crippen LogP contribution >= 0.6 is 22.9 Å². The van der Waals surface area contributed by atoms with Gasteiger partial charge in [0.25, 0.3) is 0 Å². The Morgan fingerprint density at radius 1 is 1.42 bits per heavy atom. The predicted molar refractivity (Wildman–Crippen MR) is 133 cm³/mol. The molecule has 1 aromatic heterocycles. The topological polar surface area (TPSA) is 113 Å². The van der Waals surface area contributed by atoms with Crippen molar-refractivity contribution in [1.82, 2.24) is 15.2 Å². The summed E-state index contributed by atoms with van der Waals surface area (Å²) in [6.45, 7) is 3.57. The second-order valence-electron chi connectivity index (χ2n) is 8.25. The first-order valence-corrected chi connectivity index (χ1v) is 12.8. The molecule has 36 heavy (non-hydrogen) atoms.